The van der Waals surface area contributed by atoms with E-state index >= 15 is 0 Å². The Morgan fingerprint density at radius 2 is 2.00 bits per heavy atom. The highest BCUT2D eigenvalue weighted by atomic mass is 16.5. The van der Waals surface area contributed by atoms with Crippen LogP contribution in [0.15, 0.2) is 23.2 Å². The highest BCUT2D eigenvalue weighted by Gasteiger charge is 2.13. The van der Waals surface area contributed by atoms with E-state index in [2.05, 4.69) is 27.9 Å². The van der Waals surface area contributed by atoms with E-state index in [4.69, 9.17) is 4.74 Å². The molecule has 0 unspecified atom stereocenters. The molecule has 0 spiro atoms. The molecule has 0 radical (unpaired) electrons. The van der Waals surface area contributed by atoms with Crippen LogP contribution in [0.4, 0.5) is 5.69 Å². The number of hydrogen-bond acceptors (Lipinski definition) is 3. The van der Waals surface area contributed by atoms with Crippen molar-refractivity contribution in [1.82, 2.24) is 10.6 Å². The number of nitrogens with one attached hydrogen (secondary N) is 3. The third-order valence-corrected chi connectivity index (χ3v) is 5.14. The van der Waals surface area contributed by atoms with Crippen LogP contribution in [0, 0.1) is 5.92 Å². The number of unbranched alkanes of at least 4 members (excludes halogenated alkanes) is 1. The van der Waals surface area contributed by atoms with Gasteiger partial charge in [-0.1, -0.05) is 44.6 Å². The molecule has 1 aliphatic rings. The fourth-order valence-corrected chi connectivity index (χ4v) is 3.72. The molecule has 1 amide bonds. The van der Waals surface area contributed by atoms with Crippen LogP contribution in [0.5, 0.6) is 5.75 Å². The number of methoxy groups -OCH3 is 1. The summed E-state index contributed by atoms with van der Waals surface area (Å²) in [5.41, 5.74) is 1.69. The van der Waals surface area contributed by atoms with E-state index in [1.54, 1.807) is 7.11 Å². The number of carbonyl (C=O) groups is 1. The average molecular weight is 389 g/mol. The van der Waals surface area contributed by atoms with Gasteiger partial charge < -0.3 is 20.7 Å². The summed E-state index contributed by atoms with van der Waals surface area (Å²) in [5.74, 6) is 2.33. The molecule has 1 aromatic carbocycles. The minimum absolute atomic E-state index is 0.119. The molecular formula is C22H36N4O2. The molecule has 3 N–H and O–H groups in total. The molecule has 1 aliphatic carbocycles. The first-order valence-corrected chi connectivity index (χ1v) is 10.6. The van der Waals surface area contributed by atoms with Gasteiger partial charge in [0.25, 0.3) is 0 Å². The van der Waals surface area contributed by atoms with Crippen LogP contribution < -0.4 is 20.7 Å². The first kappa shape index (κ1) is 22.1. The van der Waals surface area contributed by atoms with Crippen molar-refractivity contribution in [1.29, 1.82) is 0 Å². The summed E-state index contributed by atoms with van der Waals surface area (Å²) in [5, 5.41) is 9.53. The number of guanidine groups is 1. The predicted octanol–water partition coefficient (Wildman–Crippen LogP) is 4.07. The van der Waals surface area contributed by atoms with E-state index < -0.39 is 0 Å². The molecule has 6 nitrogen and oxygen atoms in total. The summed E-state index contributed by atoms with van der Waals surface area (Å²) in [6.07, 6.45) is 9.54. The lowest BCUT2D eigenvalue weighted by molar-refractivity contribution is -0.114. The van der Waals surface area contributed by atoms with E-state index in [0.717, 1.165) is 30.5 Å². The summed E-state index contributed by atoms with van der Waals surface area (Å²) in [7, 11) is 1.60. The highest BCUT2D eigenvalue weighted by molar-refractivity contribution is 5.90. The summed E-state index contributed by atoms with van der Waals surface area (Å²) >= 11 is 0. The van der Waals surface area contributed by atoms with Crippen molar-refractivity contribution >= 4 is 17.6 Å². The van der Waals surface area contributed by atoms with E-state index in [-0.39, 0.29) is 5.91 Å². The molecule has 0 saturated heterocycles. The summed E-state index contributed by atoms with van der Waals surface area (Å²) in [4.78, 5) is 16.1. The lowest BCUT2D eigenvalue weighted by atomic mass is 10.0. The molecular weight excluding hydrogens is 352 g/mol. The predicted molar refractivity (Wildman–Crippen MR) is 116 cm³/mol. The van der Waals surface area contributed by atoms with Crippen molar-refractivity contribution in [3.8, 4) is 5.75 Å². The number of ether oxygens (including phenoxy) is 1. The molecule has 1 fully saturated rings. The van der Waals surface area contributed by atoms with Crippen molar-refractivity contribution in [2.75, 3.05) is 25.5 Å². The maximum absolute atomic E-state index is 11.4. The Morgan fingerprint density at radius 3 is 2.68 bits per heavy atom. The molecule has 28 heavy (non-hydrogen) atoms. The van der Waals surface area contributed by atoms with E-state index in [0.29, 0.717) is 18.0 Å². The number of carbonyl (C=O) groups excluding carboxylic acids is 1. The quantitative estimate of drug-likeness (QED) is 0.321. The SMILES string of the molecule is CCNC(=NCc1ccc(OC)c(NC(C)=O)c1)NCCCCC1CCCC1. The Labute approximate surface area is 169 Å². The topological polar surface area (TPSA) is 74.8 Å². The standard InChI is InChI=1S/C22H36N4O2/c1-4-23-22(24-14-8-7-11-18-9-5-6-10-18)25-16-19-12-13-21(28-3)20(15-19)26-17(2)27/h12-13,15,18H,4-11,14,16H2,1-3H3,(H,26,27)(H2,23,24,25). The van der Waals surface area contributed by atoms with Gasteiger partial charge in [-0.15, -0.1) is 0 Å². The van der Waals surface area contributed by atoms with Gasteiger partial charge in [-0.25, -0.2) is 4.99 Å². The van der Waals surface area contributed by atoms with Crippen molar-refractivity contribution in [2.45, 2.75) is 65.3 Å². The van der Waals surface area contributed by atoms with Gasteiger partial charge in [0.2, 0.25) is 5.91 Å². The van der Waals surface area contributed by atoms with Crippen LogP contribution in [0.25, 0.3) is 0 Å². The molecule has 2 rings (SSSR count). The second-order valence-corrected chi connectivity index (χ2v) is 7.48. The van der Waals surface area contributed by atoms with Crippen LogP contribution in [-0.2, 0) is 11.3 Å². The number of aliphatic imine (C=N–C) groups is 1. The van der Waals surface area contributed by atoms with Gasteiger partial charge in [-0.2, -0.15) is 0 Å². The lowest BCUT2D eigenvalue weighted by Crippen LogP contribution is -2.37. The van der Waals surface area contributed by atoms with E-state index in [1.807, 2.05) is 18.2 Å². The summed E-state index contributed by atoms with van der Waals surface area (Å²) < 4.78 is 5.30. The van der Waals surface area contributed by atoms with Crippen LogP contribution >= 0.6 is 0 Å². The van der Waals surface area contributed by atoms with Crippen molar-refractivity contribution in [2.24, 2.45) is 10.9 Å². The first-order chi connectivity index (χ1) is 13.6. The maximum atomic E-state index is 11.4. The van der Waals surface area contributed by atoms with Gasteiger partial charge in [0.1, 0.15) is 5.75 Å². The molecule has 0 aromatic heterocycles. The molecule has 6 heteroatoms. The fourth-order valence-electron chi connectivity index (χ4n) is 3.72. The van der Waals surface area contributed by atoms with Crippen molar-refractivity contribution in [3.63, 3.8) is 0 Å². The Kier molecular flexibility index (Phi) is 9.66. The van der Waals surface area contributed by atoms with Gasteiger partial charge in [-0.3, -0.25) is 4.79 Å². The van der Waals surface area contributed by atoms with Gasteiger partial charge in [0, 0.05) is 20.0 Å². The minimum atomic E-state index is -0.119. The van der Waals surface area contributed by atoms with Gasteiger partial charge in [0.05, 0.1) is 19.3 Å². The zero-order valence-electron chi connectivity index (χ0n) is 17.6. The molecule has 156 valence electrons. The first-order valence-electron chi connectivity index (χ1n) is 10.6. The zero-order valence-corrected chi connectivity index (χ0v) is 17.6. The van der Waals surface area contributed by atoms with Crippen LogP contribution in [0.2, 0.25) is 0 Å². The summed E-state index contributed by atoms with van der Waals surface area (Å²) in [6.45, 7) is 5.86. The number of anilines is 1. The number of nitrogens with zero attached hydrogens (tertiary/aromatic N) is 1. The van der Waals surface area contributed by atoms with Gasteiger partial charge >= 0.3 is 0 Å². The molecule has 0 heterocycles. The third-order valence-electron chi connectivity index (χ3n) is 5.14. The van der Waals surface area contributed by atoms with Crippen molar-refractivity contribution < 1.29 is 9.53 Å². The zero-order chi connectivity index (χ0) is 20.2. The van der Waals surface area contributed by atoms with Crippen LogP contribution in [0.3, 0.4) is 0 Å². The highest BCUT2D eigenvalue weighted by Crippen LogP contribution is 2.28. The van der Waals surface area contributed by atoms with E-state index in [9.17, 15) is 4.79 Å². The maximum Gasteiger partial charge on any atom is 0.221 e. The Morgan fingerprint density at radius 1 is 1.21 bits per heavy atom. The Bertz CT molecular complexity index is 639. The summed E-state index contributed by atoms with van der Waals surface area (Å²) in [6, 6.07) is 5.74. The molecule has 1 aromatic rings. The monoisotopic (exact) mass is 388 g/mol. The second-order valence-electron chi connectivity index (χ2n) is 7.48. The van der Waals surface area contributed by atoms with Gasteiger partial charge in [-0.05, 0) is 37.0 Å². The minimum Gasteiger partial charge on any atom is -0.495 e. The van der Waals surface area contributed by atoms with Crippen molar-refractivity contribution in [3.05, 3.63) is 23.8 Å². The Hall–Kier alpha value is -2.24. The molecule has 0 bridgehead atoms. The average Bonchev–Trinajstić information content (AvgIpc) is 3.19. The van der Waals surface area contributed by atoms with Gasteiger partial charge in [0.15, 0.2) is 5.96 Å². The molecule has 1 saturated carbocycles. The fraction of sp³-hybridized carbons (Fsp3) is 0.636. The smallest absolute Gasteiger partial charge is 0.221 e. The number of rotatable bonds is 10. The lowest BCUT2D eigenvalue weighted by Gasteiger charge is -2.13. The molecule has 0 aliphatic heterocycles. The number of amides is 1. The largest absolute Gasteiger partial charge is 0.495 e. The normalized spacial score (nSPS) is 14.8. The molecule has 0 atom stereocenters. The Balaban J connectivity index is 1.84. The second kappa shape index (κ2) is 12.3. The number of hydrogen-bond donors (Lipinski definition) is 3. The van der Waals surface area contributed by atoms with E-state index in [1.165, 1.54) is 51.9 Å². The third kappa shape index (κ3) is 7.79. The number of benzene rings is 1. The van der Waals surface area contributed by atoms with Crippen LogP contribution in [-0.4, -0.2) is 32.1 Å². The van der Waals surface area contributed by atoms with Crippen LogP contribution in [0.1, 0.15) is 64.4 Å².